The van der Waals surface area contributed by atoms with E-state index in [0.717, 1.165) is 16.5 Å². The average Bonchev–Trinajstić information content (AvgIpc) is 2.49. The standard InChI is InChI=1S/C18H18N2/c1-12-5-3-7-16(13(12)2)18(19)15-9-8-14-6-4-10-20-17(14)11-15/h3-11,18H,19H2,1-2H3. The topological polar surface area (TPSA) is 38.9 Å². The summed E-state index contributed by atoms with van der Waals surface area (Å²) in [6, 6.07) is 16.5. The van der Waals surface area contributed by atoms with Crippen molar-refractivity contribution in [2.75, 3.05) is 0 Å². The lowest BCUT2D eigenvalue weighted by atomic mass is 9.93. The zero-order valence-electron chi connectivity index (χ0n) is 11.8. The van der Waals surface area contributed by atoms with Gasteiger partial charge in [0.15, 0.2) is 0 Å². The summed E-state index contributed by atoms with van der Waals surface area (Å²) in [5.74, 6) is 0. The van der Waals surface area contributed by atoms with Crippen LogP contribution >= 0.6 is 0 Å². The second-order valence-corrected chi connectivity index (χ2v) is 5.22. The largest absolute Gasteiger partial charge is 0.320 e. The van der Waals surface area contributed by atoms with Crippen molar-refractivity contribution in [1.82, 2.24) is 4.98 Å². The molecule has 2 heteroatoms. The van der Waals surface area contributed by atoms with Crippen LogP contribution in [-0.4, -0.2) is 4.98 Å². The maximum atomic E-state index is 6.45. The lowest BCUT2D eigenvalue weighted by Gasteiger charge is -2.17. The molecule has 0 fully saturated rings. The van der Waals surface area contributed by atoms with Gasteiger partial charge in [-0.1, -0.05) is 36.4 Å². The fraction of sp³-hybridized carbons (Fsp3) is 0.167. The van der Waals surface area contributed by atoms with E-state index in [9.17, 15) is 0 Å². The number of aromatic nitrogens is 1. The Morgan fingerprint density at radius 1 is 1.00 bits per heavy atom. The number of fused-ring (bicyclic) bond motifs is 1. The third-order valence-corrected chi connectivity index (χ3v) is 3.97. The van der Waals surface area contributed by atoms with Gasteiger partial charge in [-0.3, -0.25) is 4.98 Å². The van der Waals surface area contributed by atoms with E-state index < -0.39 is 0 Å². The first-order valence-corrected chi connectivity index (χ1v) is 6.83. The van der Waals surface area contributed by atoms with Crippen LogP contribution in [0.1, 0.15) is 28.3 Å². The van der Waals surface area contributed by atoms with Crippen LogP contribution in [-0.2, 0) is 0 Å². The van der Waals surface area contributed by atoms with E-state index in [2.05, 4.69) is 61.3 Å². The van der Waals surface area contributed by atoms with E-state index in [1.165, 1.54) is 16.7 Å². The van der Waals surface area contributed by atoms with Gasteiger partial charge < -0.3 is 5.73 Å². The predicted octanol–water partition coefficient (Wildman–Crippen LogP) is 3.90. The highest BCUT2D eigenvalue weighted by molar-refractivity contribution is 5.79. The van der Waals surface area contributed by atoms with Gasteiger partial charge in [-0.25, -0.2) is 0 Å². The maximum Gasteiger partial charge on any atom is 0.0705 e. The van der Waals surface area contributed by atoms with E-state index >= 15 is 0 Å². The molecule has 0 aliphatic rings. The Labute approximate surface area is 119 Å². The summed E-state index contributed by atoms with van der Waals surface area (Å²) in [4.78, 5) is 4.40. The Kier molecular flexibility index (Phi) is 3.25. The average molecular weight is 262 g/mol. The molecule has 2 N–H and O–H groups in total. The molecule has 1 unspecified atom stereocenters. The molecule has 0 amide bonds. The first kappa shape index (κ1) is 12.8. The van der Waals surface area contributed by atoms with Crippen LogP contribution in [0, 0.1) is 13.8 Å². The van der Waals surface area contributed by atoms with Crippen LogP contribution in [0.15, 0.2) is 54.7 Å². The molecule has 100 valence electrons. The molecule has 3 rings (SSSR count). The molecule has 1 heterocycles. The van der Waals surface area contributed by atoms with Gasteiger partial charge in [0.1, 0.15) is 0 Å². The number of aryl methyl sites for hydroxylation is 1. The molecule has 0 saturated heterocycles. The second kappa shape index (κ2) is 5.06. The van der Waals surface area contributed by atoms with Crippen molar-refractivity contribution in [3.05, 3.63) is 77.0 Å². The lowest BCUT2D eigenvalue weighted by molar-refractivity contribution is 0.860. The van der Waals surface area contributed by atoms with Gasteiger partial charge in [-0.2, -0.15) is 0 Å². The van der Waals surface area contributed by atoms with Gasteiger partial charge in [0.25, 0.3) is 0 Å². The van der Waals surface area contributed by atoms with Crippen molar-refractivity contribution in [2.45, 2.75) is 19.9 Å². The Bertz CT molecular complexity index is 762. The molecule has 3 aromatic rings. The van der Waals surface area contributed by atoms with Crippen LogP contribution < -0.4 is 5.73 Å². The Morgan fingerprint density at radius 3 is 2.70 bits per heavy atom. The van der Waals surface area contributed by atoms with Crippen molar-refractivity contribution >= 4 is 10.9 Å². The van der Waals surface area contributed by atoms with Gasteiger partial charge in [0.05, 0.1) is 11.6 Å². The molecule has 2 nitrogen and oxygen atoms in total. The first-order valence-electron chi connectivity index (χ1n) is 6.83. The van der Waals surface area contributed by atoms with Crippen molar-refractivity contribution in [2.24, 2.45) is 5.73 Å². The van der Waals surface area contributed by atoms with Crippen molar-refractivity contribution in [1.29, 1.82) is 0 Å². The molecular weight excluding hydrogens is 244 g/mol. The maximum absolute atomic E-state index is 6.45. The minimum Gasteiger partial charge on any atom is -0.320 e. The summed E-state index contributed by atoms with van der Waals surface area (Å²) < 4.78 is 0. The second-order valence-electron chi connectivity index (χ2n) is 5.22. The fourth-order valence-electron chi connectivity index (χ4n) is 2.57. The number of hydrogen-bond acceptors (Lipinski definition) is 2. The molecule has 0 spiro atoms. The first-order chi connectivity index (χ1) is 9.66. The third kappa shape index (κ3) is 2.19. The smallest absolute Gasteiger partial charge is 0.0705 e. The molecule has 0 aliphatic carbocycles. The summed E-state index contributed by atoms with van der Waals surface area (Å²) in [6.07, 6.45) is 1.82. The number of benzene rings is 2. The fourth-order valence-corrected chi connectivity index (χ4v) is 2.57. The monoisotopic (exact) mass is 262 g/mol. The number of pyridine rings is 1. The van der Waals surface area contributed by atoms with E-state index in [-0.39, 0.29) is 6.04 Å². The zero-order chi connectivity index (χ0) is 14.1. The van der Waals surface area contributed by atoms with Crippen LogP contribution in [0.3, 0.4) is 0 Å². The van der Waals surface area contributed by atoms with Crippen molar-refractivity contribution in [3.63, 3.8) is 0 Å². The highest BCUT2D eigenvalue weighted by Gasteiger charge is 2.12. The van der Waals surface area contributed by atoms with E-state index in [1.807, 2.05) is 12.3 Å². The predicted molar refractivity (Wildman–Crippen MR) is 83.7 cm³/mol. The van der Waals surface area contributed by atoms with Crippen molar-refractivity contribution < 1.29 is 0 Å². The summed E-state index contributed by atoms with van der Waals surface area (Å²) in [5.41, 5.74) is 12.3. The van der Waals surface area contributed by atoms with Crippen molar-refractivity contribution in [3.8, 4) is 0 Å². The molecular formula is C18H18N2. The Hall–Kier alpha value is -2.19. The molecule has 1 atom stereocenters. The highest BCUT2D eigenvalue weighted by Crippen LogP contribution is 2.26. The van der Waals surface area contributed by atoms with Gasteiger partial charge in [-0.15, -0.1) is 0 Å². The minimum absolute atomic E-state index is 0.110. The SMILES string of the molecule is Cc1cccc(C(N)c2ccc3cccnc3c2)c1C. The van der Waals surface area contributed by atoms with E-state index in [4.69, 9.17) is 5.73 Å². The van der Waals surface area contributed by atoms with E-state index in [0.29, 0.717) is 0 Å². The van der Waals surface area contributed by atoms with Gasteiger partial charge >= 0.3 is 0 Å². The van der Waals surface area contributed by atoms with Gasteiger partial charge in [0, 0.05) is 11.6 Å². The molecule has 0 radical (unpaired) electrons. The van der Waals surface area contributed by atoms with Gasteiger partial charge in [-0.05, 0) is 48.2 Å². The Morgan fingerprint density at radius 2 is 1.85 bits per heavy atom. The summed E-state index contributed by atoms with van der Waals surface area (Å²) >= 11 is 0. The quantitative estimate of drug-likeness (QED) is 0.760. The summed E-state index contributed by atoms with van der Waals surface area (Å²) in [7, 11) is 0. The molecule has 0 saturated carbocycles. The van der Waals surface area contributed by atoms with Crippen LogP contribution in [0.5, 0.6) is 0 Å². The third-order valence-electron chi connectivity index (χ3n) is 3.97. The highest BCUT2D eigenvalue weighted by atomic mass is 14.7. The molecule has 0 bridgehead atoms. The lowest BCUT2D eigenvalue weighted by Crippen LogP contribution is -2.13. The van der Waals surface area contributed by atoms with Crippen LogP contribution in [0.2, 0.25) is 0 Å². The normalized spacial score (nSPS) is 12.6. The van der Waals surface area contributed by atoms with Gasteiger partial charge in [0.2, 0.25) is 0 Å². The van der Waals surface area contributed by atoms with Crippen LogP contribution in [0.25, 0.3) is 10.9 Å². The number of nitrogens with zero attached hydrogens (tertiary/aromatic N) is 1. The molecule has 2 aromatic carbocycles. The molecule has 0 aliphatic heterocycles. The number of nitrogens with two attached hydrogens (primary N) is 1. The molecule has 1 aromatic heterocycles. The number of hydrogen-bond donors (Lipinski definition) is 1. The van der Waals surface area contributed by atoms with Crippen LogP contribution in [0.4, 0.5) is 0 Å². The summed E-state index contributed by atoms with van der Waals surface area (Å²) in [5, 5.41) is 1.14. The van der Waals surface area contributed by atoms with E-state index in [1.54, 1.807) is 0 Å². The minimum atomic E-state index is -0.110. The number of rotatable bonds is 2. The summed E-state index contributed by atoms with van der Waals surface area (Å²) in [6.45, 7) is 4.25. The Balaban J connectivity index is 2.08. The zero-order valence-corrected chi connectivity index (χ0v) is 11.8. The molecule has 20 heavy (non-hydrogen) atoms.